The largest absolute Gasteiger partial charge is 0.454 e. The summed E-state index contributed by atoms with van der Waals surface area (Å²) in [5.41, 5.74) is 0.921. The summed E-state index contributed by atoms with van der Waals surface area (Å²) in [7, 11) is -3.54. The Hall–Kier alpha value is -1.84. The predicted molar refractivity (Wildman–Crippen MR) is 112 cm³/mol. The van der Waals surface area contributed by atoms with Crippen LogP contribution in [0.4, 0.5) is 0 Å². The first-order valence-electron chi connectivity index (χ1n) is 10.7. The SMILES string of the molecule is CC1CC(C)CN(S(=O)(=O)N2CCCC(C(=O)NCc3ccc4c(c3)OCO4)C2)C1. The Balaban J connectivity index is 1.35. The van der Waals surface area contributed by atoms with Crippen LogP contribution in [-0.2, 0) is 21.5 Å². The van der Waals surface area contributed by atoms with Gasteiger partial charge in [0.2, 0.25) is 12.7 Å². The molecule has 1 aromatic rings. The molecule has 1 amide bonds. The van der Waals surface area contributed by atoms with E-state index in [0.717, 1.165) is 12.0 Å². The van der Waals surface area contributed by atoms with Crippen molar-refractivity contribution in [2.75, 3.05) is 33.0 Å². The highest BCUT2D eigenvalue weighted by molar-refractivity contribution is 7.86. The first-order chi connectivity index (χ1) is 14.3. The minimum atomic E-state index is -3.54. The monoisotopic (exact) mass is 437 g/mol. The van der Waals surface area contributed by atoms with Crippen molar-refractivity contribution in [3.8, 4) is 11.5 Å². The lowest BCUT2D eigenvalue weighted by Gasteiger charge is -2.39. The third kappa shape index (κ3) is 4.58. The third-order valence-electron chi connectivity index (χ3n) is 6.15. The van der Waals surface area contributed by atoms with Crippen molar-refractivity contribution >= 4 is 16.1 Å². The minimum absolute atomic E-state index is 0.104. The average molecular weight is 438 g/mol. The van der Waals surface area contributed by atoms with Gasteiger partial charge in [0.05, 0.1) is 5.92 Å². The van der Waals surface area contributed by atoms with Crippen LogP contribution in [0.2, 0.25) is 0 Å². The zero-order valence-corrected chi connectivity index (χ0v) is 18.5. The van der Waals surface area contributed by atoms with Crippen molar-refractivity contribution in [2.45, 2.75) is 39.7 Å². The summed E-state index contributed by atoms with van der Waals surface area (Å²) in [5, 5.41) is 2.96. The molecule has 3 heterocycles. The van der Waals surface area contributed by atoms with E-state index in [9.17, 15) is 13.2 Å². The third-order valence-corrected chi connectivity index (χ3v) is 8.08. The number of benzene rings is 1. The lowest BCUT2D eigenvalue weighted by Crippen LogP contribution is -2.53. The van der Waals surface area contributed by atoms with Gasteiger partial charge >= 0.3 is 0 Å². The zero-order chi connectivity index (χ0) is 21.3. The standard InChI is InChI=1S/C21H31N3O5S/c1-15-8-16(2)12-24(11-15)30(26,27)23-7-3-4-18(13-23)21(25)22-10-17-5-6-19-20(9-17)29-14-28-19/h5-6,9,15-16,18H,3-4,7-8,10-14H2,1-2H3,(H,22,25). The highest BCUT2D eigenvalue weighted by atomic mass is 32.2. The quantitative estimate of drug-likeness (QED) is 0.761. The number of carbonyl (C=O) groups is 1. The fourth-order valence-corrected chi connectivity index (χ4v) is 6.65. The van der Waals surface area contributed by atoms with E-state index in [2.05, 4.69) is 19.2 Å². The van der Waals surface area contributed by atoms with Crippen LogP contribution >= 0.6 is 0 Å². The van der Waals surface area contributed by atoms with Gasteiger partial charge in [0.25, 0.3) is 10.2 Å². The molecule has 2 saturated heterocycles. The summed E-state index contributed by atoms with van der Waals surface area (Å²) in [6.45, 7) is 6.63. The zero-order valence-electron chi connectivity index (χ0n) is 17.7. The number of ether oxygens (including phenoxy) is 2. The van der Waals surface area contributed by atoms with Crippen molar-refractivity contribution < 1.29 is 22.7 Å². The molecule has 9 heteroatoms. The maximum absolute atomic E-state index is 13.2. The van der Waals surface area contributed by atoms with Gasteiger partial charge in [-0.3, -0.25) is 4.79 Å². The van der Waals surface area contributed by atoms with Gasteiger partial charge in [-0.25, -0.2) is 0 Å². The normalized spacial score (nSPS) is 27.7. The molecule has 3 atom stereocenters. The average Bonchev–Trinajstić information content (AvgIpc) is 3.19. The second-order valence-electron chi connectivity index (χ2n) is 8.87. The van der Waals surface area contributed by atoms with Gasteiger partial charge in [0.15, 0.2) is 11.5 Å². The second kappa shape index (κ2) is 8.72. The highest BCUT2D eigenvalue weighted by Crippen LogP contribution is 2.32. The van der Waals surface area contributed by atoms with Gasteiger partial charge in [-0.05, 0) is 48.8 Å². The van der Waals surface area contributed by atoms with E-state index in [1.807, 2.05) is 18.2 Å². The van der Waals surface area contributed by atoms with Gasteiger partial charge < -0.3 is 14.8 Å². The fraction of sp³-hybridized carbons (Fsp3) is 0.667. The highest BCUT2D eigenvalue weighted by Gasteiger charge is 2.38. The first-order valence-corrected chi connectivity index (χ1v) is 12.1. The Kier molecular flexibility index (Phi) is 6.22. The molecular formula is C21H31N3O5S. The van der Waals surface area contributed by atoms with Gasteiger partial charge in [0, 0.05) is 32.7 Å². The van der Waals surface area contributed by atoms with E-state index in [0.29, 0.717) is 62.4 Å². The number of fused-ring (bicyclic) bond motifs is 1. The molecule has 1 N–H and O–H groups in total. The van der Waals surface area contributed by atoms with E-state index in [1.165, 1.54) is 4.31 Å². The van der Waals surface area contributed by atoms with Crippen LogP contribution in [0.25, 0.3) is 0 Å². The molecule has 0 spiro atoms. The molecule has 8 nitrogen and oxygen atoms in total. The number of amides is 1. The first kappa shape index (κ1) is 21.4. The van der Waals surface area contributed by atoms with E-state index >= 15 is 0 Å². The van der Waals surface area contributed by atoms with Crippen molar-refractivity contribution in [1.29, 1.82) is 0 Å². The second-order valence-corrected chi connectivity index (χ2v) is 10.8. The minimum Gasteiger partial charge on any atom is -0.454 e. The van der Waals surface area contributed by atoms with E-state index < -0.39 is 10.2 Å². The van der Waals surface area contributed by atoms with Crippen LogP contribution in [0.1, 0.15) is 38.7 Å². The van der Waals surface area contributed by atoms with Crippen molar-refractivity contribution in [3.63, 3.8) is 0 Å². The van der Waals surface area contributed by atoms with Crippen molar-refractivity contribution in [3.05, 3.63) is 23.8 Å². The molecular weight excluding hydrogens is 406 g/mol. The van der Waals surface area contributed by atoms with E-state index in [4.69, 9.17) is 9.47 Å². The van der Waals surface area contributed by atoms with E-state index in [1.54, 1.807) is 4.31 Å². The van der Waals surface area contributed by atoms with Crippen LogP contribution in [0.15, 0.2) is 18.2 Å². The van der Waals surface area contributed by atoms with Crippen LogP contribution < -0.4 is 14.8 Å². The van der Waals surface area contributed by atoms with Gasteiger partial charge in [-0.15, -0.1) is 0 Å². The summed E-state index contributed by atoms with van der Waals surface area (Å²) < 4.78 is 40.2. The number of piperidine rings is 2. The van der Waals surface area contributed by atoms with Crippen molar-refractivity contribution in [1.82, 2.24) is 13.9 Å². The van der Waals surface area contributed by atoms with Crippen LogP contribution in [0.5, 0.6) is 11.5 Å². The van der Waals surface area contributed by atoms with Crippen LogP contribution in [0, 0.1) is 17.8 Å². The molecule has 0 saturated carbocycles. The summed E-state index contributed by atoms with van der Waals surface area (Å²) in [6.07, 6.45) is 2.45. The maximum Gasteiger partial charge on any atom is 0.282 e. The topological polar surface area (TPSA) is 88.2 Å². The van der Waals surface area contributed by atoms with Crippen LogP contribution in [0.3, 0.4) is 0 Å². The number of nitrogens with one attached hydrogen (secondary N) is 1. The van der Waals surface area contributed by atoms with Gasteiger partial charge in [-0.1, -0.05) is 19.9 Å². The molecule has 1 aromatic carbocycles. The molecule has 30 heavy (non-hydrogen) atoms. The number of hydrogen-bond donors (Lipinski definition) is 1. The number of carbonyl (C=O) groups excluding carboxylic acids is 1. The van der Waals surface area contributed by atoms with Crippen molar-refractivity contribution in [2.24, 2.45) is 17.8 Å². The Bertz CT molecular complexity index is 881. The lowest BCUT2D eigenvalue weighted by atomic mass is 9.94. The molecule has 0 radical (unpaired) electrons. The summed E-state index contributed by atoms with van der Waals surface area (Å²) in [4.78, 5) is 12.8. The Morgan fingerprint density at radius 2 is 1.83 bits per heavy atom. The summed E-state index contributed by atoms with van der Waals surface area (Å²) in [6, 6.07) is 5.59. The molecule has 0 bridgehead atoms. The molecule has 0 aliphatic carbocycles. The molecule has 0 aromatic heterocycles. The van der Waals surface area contributed by atoms with E-state index in [-0.39, 0.29) is 25.2 Å². The molecule has 3 unspecified atom stereocenters. The van der Waals surface area contributed by atoms with Gasteiger partial charge in [-0.2, -0.15) is 17.0 Å². The molecule has 4 rings (SSSR count). The Morgan fingerprint density at radius 3 is 2.60 bits per heavy atom. The number of nitrogens with zero attached hydrogens (tertiary/aromatic N) is 2. The van der Waals surface area contributed by atoms with Crippen LogP contribution in [-0.4, -0.2) is 55.9 Å². The summed E-state index contributed by atoms with van der Waals surface area (Å²) >= 11 is 0. The molecule has 3 aliphatic rings. The number of hydrogen-bond acceptors (Lipinski definition) is 5. The molecule has 2 fully saturated rings. The smallest absolute Gasteiger partial charge is 0.282 e. The predicted octanol–water partition coefficient (Wildman–Crippen LogP) is 1.97. The molecule has 3 aliphatic heterocycles. The lowest BCUT2D eigenvalue weighted by molar-refractivity contribution is -0.126. The fourth-order valence-electron chi connectivity index (χ4n) is 4.71. The Labute approximate surface area is 178 Å². The molecule has 166 valence electrons. The summed E-state index contributed by atoms with van der Waals surface area (Å²) in [5.74, 6) is 1.67. The Morgan fingerprint density at radius 1 is 1.10 bits per heavy atom. The maximum atomic E-state index is 13.2. The van der Waals surface area contributed by atoms with Gasteiger partial charge in [0.1, 0.15) is 0 Å². The number of rotatable bonds is 5.